The van der Waals surface area contributed by atoms with Crippen LogP contribution in [0.5, 0.6) is 0 Å². The Balaban J connectivity index is 2.27. The first-order valence-corrected chi connectivity index (χ1v) is 4.77. The molecular formula is C12H15N. The van der Waals surface area contributed by atoms with Crippen molar-refractivity contribution in [3.05, 3.63) is 47.5 Å². The molecule has 2 unspecified atom stereocenters. The molecule has 1 aromatic rings. The summed E-state index contributed by atoms with van der Waals surface area (Å²) < 4.78 is 0. The lowest BCUT2D eigenvalue weighted by Crippen LogP contribution is -2.22. The fraction of sp³-hybridized carbons (Fsp3) is 0.333. The van der Waals surface area contributed by atoms with Gasteiger partial charge in [0.15, 0.2) is 0 Å². The van der Waals surface area contributed by atoms with Crippen LogP contribution in [0.3, 0.4) is 0 Å². The number of aryl methyl sites for hydroxylation is 1. The van der Waals surface area contributed by atoms with Crippen LogP contribution in [0, 0.1) is 6.92 Å². The molecule has 0 aromatic heterocycles. The molecule has 0 amide bonds. The van der Waals surface area contributed by atoms with Crippen LogP contribution < -0.4 is 5.32 Å². The van der Waals surface area contributed by atoms with Crippen LogP contribution in [0.25, 0.3) is 0 Å². The van der Waals surface area contributed by atoms with Gasteiger partial charge in [-0.05, 0) is 25.0 Å². The maximum absolute atomic E-state index is 3.50. The van der Waals surface area contributed by atoms with Crippen LogP contribution in [0.15, 0.2) is 36.4 Å². The molecule has 1 heteroatoms. The Bertz CT molecular complexity index is 328. The van der Waals surface area contributed by atoms with E-state index in [2.05, 4.69) is 55.6 Å². The predicted molar refractivity (Wildman–Crippen MR) is 55.7 cm³/mol. The maximum Gasteiger partial charge on any atom is 0.0513 e. The molecule has 0 bridgehead atoms. The average Bonchev–Trinajstić information content (AvgIpc) is 2.53. The van der Waals surface area contributed by atoms with Crippen LogP contribution in [0.1, 0.15) is 24.1 Å². The van der Waals surface area contributed by atoms with Crippen LogP contribution in [0.2, 0.25) is 0 Å². The minimum Gasteiger partial charge on any atom is -0.301 e. The minimum absolute atomic E-state index is 0.413. The second-order valence-corrected chi connectivity index (χ2v) is 3.67. The Labute approximate surface area is 79.5 Å². The Hall–Kier alpha value is -1.08. The van der Waals surface area contributed by atoms with Gasteiger partial charge in [-0.15, -0.1) is 0 Å². The highest BCUT2D eigenvalue weighted by Gasteiger charge is 2.16. The summed E-state index contributed by atoms with van der Waals surface area (Å²) in [5, 5.41) is 3.50. The van der Waals surface area contributed by atoms with Crippen LogP contribution in [0.4, 0.5) is 0 Å². The lowest BCUT2D eigenvalue weighted by molar-refractivity contribution is 0.615. The van der Waals surface area contributed by atoms with E-state index < -0.39 is 0 Å². The molecule has 2 rings (SSSR count). The lowest BCUT2D eigenvalue weighted by atomic mass is 10.0. The first kappa shape index (κ1) is 8.52. The van der Waals surface area contributed by atoms with E-state index in [4.69, 9.17) is 0 Å². The average molecular weight is 173 g/mol. The number of hydrogen-bond acceptors (Lipinski definition) is 1. The molecule has 1 aliphatic rings. The molecule has 0 saturated heterocycles. The molecule has 1 heterocycles. The van der Waals surface area contributed by atoms with Gasteiger partial charge in [0, 0.05) is 6.04 Å². The summed E-state index contributed by atoms with van der Waals surface area (Å²) in [5.74, 6) is 0. The second kappa shape index (κ2) is 3.35. The van der Waals surface area contributed by atoms with Crippen molar-refractivity contribution in [1.29, 1.82) is 0 Å². The van der Waals surface area contributed by atoms with Crippen molar-refractivity contribution in [2.45, 2.75) is 25.9 Å². The predicted octanol–water partition coefficient (Wildman–Crippen LogP) is 2.58. The second-order valence-electron chi connectivity index (χ2n) is 3.67. The van der Waals surface area contributed by atoms with E-state index in [-0.39, 0.29) is 0 Å². The first-order valence-electron chi connectivity index (χ1n) is 4.77. The Morgan fingerprint density at radius 1 is 1.15 bits per heavy atom. The number of rotatable bonds is 1. The molecule has 13 heavy (non-hydrogen) atoms. The molecule has 0 fully saturated rings. The van der Waals surface area contributed by atoms with E-state index in [0.29, 0.717) is 12.1 Å². The Morgan fingerprint density at radius 2 is 1.92 bits per heavy atom. The minimum atomic E-state index is 0.413. The van der Waals surface area contributed by atoms with Crippen LogP contribution >= 0.6 is 0 Å². The van der Waals surface area contributed by atoms with Gasteiger partial charge in [-0.3, -0.25) is 0 Å². The molecule has 0 spiro atoms. The smallest absolute Gasteiger partial charge is 0.0513 e. The highest BCUT2D eigenvalue weighted by molar-refractivity contribution is 5.33. The fourth-order valence-corrected chi connectivity index (χ4v) is 1.80. The first-order chi connectivity index (χ1) is 6.27. The lowest BCUT2D eigenvalue weighted by Gasteiger charge is -2.14. The van der Waals surface area contributed by atoms with E-state index in [9.17, 15) is 0 Å². The summed E-state index contributed by atoms with van der Waals surface area (Å²) in [5.41, 5.74) is 2.75. The zero-order valence-electron chi connectivity index (χ0n) is 8.12. The Kier molecular flexibility index (Phi) is 2.19. The van der Waals surface area contributed by atoms with E-state index >= 15 is 0 Å². The number of benzene rings is 1. The molecule has 1 aliphatic heterocycles. The van der Waals surface area contributed by atoms with Crippen LogP contribution in [-0.2, 0) is 0 Å². The maximum atomic E-state index is 3.50. The van der Waals surface area contributed by atoms with Crippen molar-refractivity contribution in [2.24, 2.45) is 0 Å². The van der Waals surface area contributed by atoms with Gasteiger partial charge in [0.05, 0.1) is 6.04 Å². The van der Waals surface area contributed by atoms with Crippen molar-refractivity contribution >= 4 is 0 Å². The van der Waals surface area contributed by atoms with Gasteiger partial charge in [0.1, 0.15) is 0 Å². The van der Waals surface area contributed by atoms with E-state index in [1.807, 2.05) is 0 Å². The fourth-order valence-electron chi connectivity index (χ4n) is 1.80. The van der Waals surface area contributed by atoms with Gasteiger partial charge >= 0.3 is 0 Å². The van der Waals surface area contributed by atoms with Gasteiger partial charge < -0.3 is 5.32 Å². The van der Waals surface area contributed by atoms with Crippen LogP contribution in [-0.4, -0.2) is 6.04 Å². The normalized spacial score (nSPS) is 26.6. The van der Waals surface area contributed by atoms with Gasteiger partial charge in [-0.2, -0.15) is 0 Å². The summed E-state index contributed by atoms with van der Waals surface area (Å²) in [6.45, 7) is 4.34. The van der Waals surface area contributed by atoms with E-state index in [1.54, 1.807) is 0 Å². The molecule has 68 valence electrons. The van der Waals surface area contributed by atoms with Gasteiger partial charge in [-0.1, -0.05) is 36.4 Å². The third kappa shape index (κ3) is 1.65. The molecular weight excluding hydrogens is 158 g/mol. The van der Waals surface area contributed by atoms with Crippen molar-refractivity contribution in [1.82, 2.24) is 5.32 Å². The van der Waals surface area contributed by atoms with E-state index in [0.717, 1.165) is 0 Å². The third-order valence-corrected chi connectivity index (χ3v) is 2.56. The van der Waals surface area contributed by atoms with Crippen molar-refractivity contribution < 1.29 is 0 Å². The Morgan fingerprint density at radius 3 is 2.54 bits per heavy atom. The van der Waals surface area contributed by atoms with Gasteiger partial charge in [-0.25, -0.2) is 0 Å². The molecule has 1 N–H and O–H groups in total. The molecule has 0 aliphatic carbocycles. The van der Waals surface area contributed by atoms with Crippen molar-refractivity contribution in [3.8, 4) is 0 Å². The molecule has 0 saturated carbocycles. The van der Waals surface area contributed by atoms with Gasteiger partial charge in [0.2, 0.25) is 0 Å². The zero-order valence-corrected chi connectivity index (χ0v) is 8.12. The highest BCUT2D eigenvalue weighted by Crippen LogP contribution is 2.22. The molecule has 1 nitrogen and oxygen atoms in total. The van der Waals surface area contributed by atoms with E-state index in [1.165, 1.54) is 11.1 Å². The molecule has 1 aromatic carbocycles. The molecule has 0 radical (unpaired) electrons. The number of hydrogen-bond donors (Lipinski definition) is 1. The monoisotopic (exact) mass is 173 g/mol. The van der Waals surface area contributed by atoms with Gasteiger partial charge in [0.25, 0.3) is 0 Å². The topological polar surface area (TPSA) is 12.0 Å². The van der Waals surface area contributed by atoms with Crippen molar-refractivity contribution in [3.63, 3.8) is 0 Å². The summed E-state index contributed by atoms with van der Waals surface area (Å²) in [6.07, 6.45) is 4.46. The summed E-state index contributed by atoms with van der Waals surface area (Å²) in [7, 11) is 0. The highest BCUT2D eigenvalue weighted by atomic mass is 15.0. The SMILES string of the molecule is Cc1ccccc1C1C=CC(C)N1. The largest absolute Gasteiger partial charge is 0.301 e. The summed E-state index contributed by atoms with van der Waals surface area (Å²) in [6, 6.07) is 9.45. The molecule has 2 atom stereocenters. The zero-order chi connectivity index (χ0) is 9.26. The summed E-state index contributed by atoms with van der Waals surface area (Å²) in [4.78, 5) is 0. The third-order valence-electron chi connectivity index (χ3n) is 2.56. The quantitative estimate of drug-likeness (QED) is 0.644. The number of nitrogens with one attached hydrogen (secondary N) is 1. The summed E-state index contributed by atoms with van der Waals surface area (Å²) >= 11 is 0. The standard InChI is InChI=1S/C12H15N/c1-9-5-3-4-6-11(9)12-8-7-10(2)13-12/h3-8,10,12-13H,1-2H3. The van der Waals surface area contributed by atoms with Crippen molar-refractivity contribution in [2.75, 3.05) is 0 Å².